The predicted molar refractivity (Wildman–Crippen MR) is 223 cm³/mol. The second-order valence-corrected chi connectivity index (χ2v) is 15.2. The fourth-order valence-corrected chi connectivity index (χ4v) is 8.38. The first kappa shape index (κ1) is 30.6. The van der Waals surface area contributed by atoms with Gasteiger partial charge in [0.05, 0.1) is 16.7 Å². The van der Waals surface area contributed by atoms with E-state index in [0.717, 1.165) is 17.7 Å². The van der Waals surface area contributed by atoms with Crippen molar-refractivity contribution in [3.8, 4) is 22.4 Å². The molecule has 52 heavy (non-hydrogen) atoms. The minimum Gasteiger partial charge on any atom is -0.309 e. The molecule has 0 saturated heterocycles. The minimum absolute atomic E-state index is 0.0587. The van der Waals surface area contributed by atoms with Gasteiger partial charge in [-0.05, 0) is 114 Å². The van der Waals surface area contributed by atoms with Crippen LogP contribution in [0, 0.1) is 0 Å². The molecule has 2 heteroatoms. The Balaban J connectivity index is 1.24. The van der Waals surface area contributed by atoms with Crippen molar-refractivity contribution in [1.82, 2.24) is 9.55 Å². The van der Waals surface area contributed by atoms with E-state index in [1.54, 1.807) is 0 Å². The summed E-state index contributed by atoms with van der Waals surface area (Å²) >= 11 is 0. The van der Waals surface area contributed by atoms with Crippen LogP contribution in [0.4, 0.5) is 0 Å². The van der Waals surface area contributed by atoms with Crippen LogP contribution in [0.25, 0.3) is 87.8 Å². The molecule has 0 bridgehead atoms. The summed E-state index contributed by atoms with van der Waals surface area (Å²) < 4.78 is 2.43. The first-order valence-corrected chi connectivity index (χ1v) is 18.3. The Morgan fingerprint density at radius 2 is 1.21 bits per heavy atom. The van der Waals surface area contributed by atoms with Crippen LogP contribution in [0.2, 0.25) is 0 Å². The molecule has 0 atom stereocenters. The van der Waals surface area contributed by atoms with Crippen molar-refractivity contribution in [3.63, 3.8) is 0 Å². The summed E-state index contributed by atoms with van der Waals surface area (Å²) in [6.45, 7) is 6.91. The highest BCUT2D eigenvalue weighted by atomic mass is 15.0. The van der Waals surface area contributed by atoms with Crippen LogP contribution in [-0.2, 0) is 5.41 Å². The van der Waals surface area contributed by atoms with Crippen LogP contribution in [0.3, 0.4) is 0 Å². The molecule has 0 spiro atoms. The molecular weight excluding hydrogens is 629 g/mol. The molecular formula is C50H38N2. The number of allylic oxidation sites excluding steroid dienone is 6. The Kier molecular flexibility index (Phi) is 6.85. The number of fused-ring (bicyclic) bond motifs is 3. The lowest BCUT2D eigenvalue weighted by Gasteiger charge is -2.23. The number of hydrogen-bond donors (Lipinski definition) is 0. The first-order valence-electron chi connectivity index (χ1n) is 18.3. The molecule has 7 aromatic carbocycles. The molecule has 0 radical (unpaired) electrons. The fraction of sp³-hybridized carbons (Fsp3) is 0.100. The molecule has 1 aliphatic rings. The van der Waals surface area contributed by atoms with E-state index in [0.29, 0.717) is 0 Å². The van der Waals surface area contributed by atoms with Gasteiger partial charge in [0.1, 0.15) is 0 Å². The van der Waals surface area contributed by atoms with Gasteiger partial charge in [-0.1, -0.05) is 136 Å². The van der Waals surface area contributed by atoms with Gasteiger partial charge in [0, 0.05) is 28.2 Å². The molecule has 10 rings (SSSR count). The summed E-state index contributed by atoms with van der Waals surface area (Å²) in [7, 11) is 0. The summed E-state index contributed by atoms with van der Waals surface area (Å²) in [4.78, 5) is 4.61. The number of hydrogen-bond acceptors (Lipinski definition) is 1. The van der Waals surface area contributed by atoms with Crippen LogP contribution in [0.5, 0.6) is 0 Å². The number of benzene rings is 7. The number of aromatic nitrogens is 2. The first-order chi connectivity index (χ1) is 25.4. The van der Waals surface area contributed by atoms with Crippen molar-refractivity contribution in [1.29, 1.82) is 0 Å². The molecule has 1 aliphatic carbocycles. The molecule has 0 N–H and O–H groups in total. The van der Waals surface area contributed by atoms with Crippen molar-refractivity contribution in [2.75, 3.05) is 0 Å². The average molecular weight is 667 g/mol. The van der Waals surface area contributed by atoms with Gasteiger partial charge in [-0.3, -0.25) is 4.98 Å². The zero-order valence-electron chi connectivity index (χ0n) is 29.7. The van der Waals surface area contributed by atoms with Gasteiger partial charge >= 0.3 is 0 Å². The lowest BCUT2D eigenvalue weighted by atomic mass is 9.81. The standard InChI is InChI=1S/C50H38N2/c1-50(2,3)37-28-35-23-25-41-43(32-19-21-33(22-20-32)45-16-10-11-27-51-45)31-44(42-26-24-36(29-37)48(35)49(41)42)34-12-4-5-13-38(30-34)52-46-17-8-6-14-39(46)40-15-7-9-18-47(40)52/h4-11,13-31H,12H2,1-3H3. The van der Waals surface area contributed by atoms with E-state index in [2.05, 4.69) is 176 Å². The van der Waals surface area contributed by atoms with Crippen LogP contribution in [0.1, 0.15) is 38.3 Å². The van der Waals surface area contributed by atoms with Crippen LogP contribution in [-0.4, -0.2) is 9.55 Å². The molecule has 2 heterocycles. The number of para-hydroxylation sites is 2. The second kappa shape index (κ2) is 11.6. The Morgan fingerprint density at radius 3 is 1.87 bits per heavy atom. The monoisotopic (exact) mass is 666 g/mol. The van der Waals surface area contributed by atoms with E-state index >= 15 is 0 Å². The molecule has 0 amide bonds. The topological polar surface area (TPSA) is 17.8 Å². The van der Waals surface area contributed by atoms with E-state index in [4.69, 9.17) is 0 Å². The lowest BCUT2D eigenvalue weighted by molar-refractivity contribution is 0.591. The molecule has 9 aromatic rings. The van der Waals surface area contributed by atoms with Crippen LogP contribution >= 0.6 is 0 Å². The zero-order valence-corrected chi connectivity index (χ0v) is 29.7. The van der Waals surface area contributed by atoms with Crippen molar-refractivity contribution >= 4 is 65.4 Å². The van der Waals surface area contributed by atoms with E-state index in [9.17, 15) is 0 Å². The molecule has 0 saturated carbocycles. The average Bonchev–Trinajstić information content (AvgIpc) is 3.32. The highest BCUT2D eigenvalue weighted by Crippen LogP contribution is 2.45. The van der Waals surface area contributed by atoms with Gasteiger partial charge in [-0.15, -0.1) is 0 Å². The highest BCUT2D eigenvalue weighted by molar-refractivity contribution is 6.27. The normalized spacial score (nSPS) is 13.8. The van der Waals surface area contributed by atoms with Gasteiger partial charge in [-0.2, -0.15) is 0 Å². The fourth-order valence-electron chi connectivity index (χ4n) is 8.38. The summed E-state index contributed by atoms with van der Waals surface area (Å²) in [6.07, 6.45) is 11.9. The van der Waals surface area contributed by atoms with Crippen molar-refractivity contribution in [2.45, 2.75) is 32.6 Å². The maximum atomic E-state index is 4.61. The quantitative estimate of drug-likeness (QED) is 0.171. The van der Waals surface area contributed by atoms with E-state index in [1.165, 1.54) is 87.6 Å². The number of nitrogens with zero attached hydrogens (tertiary/aromatic N) is 2. The van der Waals surface area contributed by atoms with Crippen LogP contribution < -0.4 is 0 Å². The molecule has 0 unspecified atom stereocenters. The van der Waals surface area contributed by atoms with Gasteiger partial charge in [0.25, 0.3) is 0 Å². The maximum absolute atomic E-state index is 4.61. The summed E-state index contributed by atoms with van der Waals surface area (Å²) in [6, 6.07) is 49.3. The van der Waals surface area contributed by atoms with Gasteiger partial charge < -0.3 is 4.57 Å². The lowest BCUT2D eigenvalue weighted by Crippen LogP contribution is -2.10. The van der Waals surface area contributed by atoms with Crippen molar-refractivity contribution in [3.05, 3.63) is 175 Å². The predicted octanol–water partition coefficient (Wildman–Crippen LogP) is 13.6. The zero-order chi connectivity index (χ0) is 35.0. The molecule has 248 valence electrons. The minimum atomic E-state index is 0.0587. The summed E-state index contributed by atoms with van der Waals surface area (Å²) in [5, 5.41) is 10.4. The SMILES string of the molecule is CC(C)(C)c1cc2ccc3c(C4=CC(n5c6ccccc6c6ccccc65)=CC=CC4)cc(-c4ccc(-c5ccccn5)cc4)c4ccc(c1)c2c34. The van der Waals surface area contributed by atoms with Gasteiger partial charge in [-0.25, -0.2) is 0 Å². The number of rotatable bonds is 4. The maximum Gasteiger partial charge on any atom is 0.0701 e. The van der Waals surface area contributed by atoms with E-state index < -0.39 is 0 Å². The van der Waals surface area contributed by atoms with Gasteiger partial charge in [0.2, 0.25) is 0 Å². The Hall–Kier alpha value is -6.25. The Labute approximate surface area is 304 Å². The largest absolute Gasteiger partial charge is 0.309 e. The third-order valence-corrected chi connectivity index (χ3v) is 11.0. The second-order valence-electron chi connectivity index (χ2n) is 15.2. The van der Waals surface area contributed by atoms with Crippen LogP contribution in [0.15, 0.2) is 164 Å². The third kappa shape index (κ3) is 4.82. The molecule has 0 fully saturated rings. The third-order valence-electron chi connectivity index (χ3n) is 11.0. The van der Waals surface area contributed by atoms with E-state index in [-0.39, 0.29) is 5.41 Å². The molecule has 0 aliphatic heterocycles. The smallest absolute Gasteiger partial charge is 0.0701 e. The molecule has 2 nitrogen and oxygen atoms in total. The Bertz CT molecular complexity index is 2860. The Morgan fingerprint density at radius 1 is 0.577 bits per heavy atom. The van der Waals surface area contributed by atoms with Gasteiger partial charge in [0.15, 0.2) is 0 Å². The highest BCUT2D eigenvalue weighted by Gasteiger charge is 2.22. The number of pyridine rings is 1. The van der Waals surface area contributed by atoms with Crippen molar-refractivity contribution < 1.29 is 0 Å². The summed E-state index contributed by atoms with van der Waals surface area (Å²) in [5.41, 5.74) is 12.2. The summed E-state index contributed by atoms with van der Waals surface area (Å²) in [5.74, 6) is 0. The molecule has 2 aromatic heterocycles. The van der Waals surface area contributed by atoms with Crippen molar-refractivity contribution in [2.24, 2.45) is 0 Å². The van der Waals surface area contributed by atoms with E-state index in [1.807, 2.05) is 18.3 Å².